The van der Waals surface area contributed by atoms with Gasteiger partial charge in [0, 0.05) is 7.11 Å². The number of rotatable bonds is 5. The van der Waals surface area contributed by atoms with Crippen molar-refractivity contribution in [2.75, 3.05) is 19.5 Å². The minimum absolute atomic E-state index is 0.0374. The van der Waals surface area contributed by atoms with E-state index in [9.17, 15) is 0 Å². The third kappa shape index (κ3) is 2.54. The van der Waals surface area contributed by atoms with E-state index in [1.165, 1.54) is 6.33 Å². The van der Waals surface area contributed by atoms with Gasteiger partial charge >= 0.3 is 0 Å². The zero-order valence-corrected chi connectivity index (χ0v) is 10.4. The van der Waals surface area contributed by atoms with Crippen molar-refractivity contribution in [1.82, 2.24) is 9.97 Å². The van der Waals surface area contributed by atoms with Crippen LogP contribution in [0.1, 0.15) is 12.0 Å². The number of fused-ring (bicyclic) bond motifs is 1. The van der Waals surface area contributed by atoms with E-state index >= 15 is 0 Å². The van der Waals surface area contributed by atoms with E-state index in [1.807, 2.05) is 5.38 Å². The highest BCUT2D eigenvalue weighted by atomic mass is 32.1. The maximum absolute atomic E-state index is 9.04. The van der Waals surface area contributed by atoms with Crippen LogP contribution in [0.4, 0.5) is 5.82 Å². The Hall–Kier alpha value is -1.24. The van der Waals surface area contributed by atoms with Gasteiger partial charge in [-0.15, -0.1) is 11.3 Å². The molecular weight excluding hydrogens is 238 g/mol. The highest BCUT2D eigenvalue weighted by Gasteiger charge is 2.11. The van der Waals surface area contributed by atoms with Crippen molar-refractivity contribution >= 4 is 27.4 Å². The number of thiophene rings is 1. The monoisotopic (exact) mass is 253 g/mol. The summed E-state index contributed by atoms with van der Waals surface area (Å²) >= 11 is 1.55. The zero-order valence-electron chi connectivity index (χ0n) is 9.59. The van der Waals surface area contributed by atoms with E-state index in [0.29, 0.717) is 5.82 Å². The van der Waals surface area contributed by atoms with Gasteiger partial charge in [0.05, 0.1) is 22.9 Å². The van der Waals surface area contributed by atoms with Gasteiger partial charge in [-0.3, -0.25) is 0 Å². The Kier molecular flexibility index (Phi) is 3.88. The van der Waals surface area contributed by atoms with Gasteiger partial charge < -0.3 is 15.6 Å². The van der Waals surface area contributed by atoms with Gasteiger partial charge in [0.2, 0.25) is 0 Å². The van der Waals surface area contributed by atoms with Crippen LogP contribution >= 0.6 is 11.3 Å². The van der Waals surface area contributed by atoms with Gasteiger partial charge in [-0.05, 0) is 23.8 Å². The number of aliphatic hydroxyl groups is 1. The molecule has 0 amide bonds. The van der Waals surface area contributed by atoms with Crippen molar-refractivity contribution in [2.24, 2.45) is 0 Å². The zero-order chi connectivity index (χ0) is 12.3. The maximum Gasteiger partial charge on any atom is 0.144 e. The van der Waals surface area contributed by atoms with Crippen molar-refractivity contribution in [3.05, 3.63) is 17.3 Å². The highest BCUT2D eigenvalue weighted by Crippen LogP contribution is 2.28. The lowest BCUT2D eigenvalue weighted by atomic mass is 10.1. The number of ether oxygens (including phenoxy) is 1. The first-order valence-electron chi connectivity index (χ1n) is 5.36. The molecule has 0 aromatic carbocycles. The Bertz CT molecular complexity index is 496. The van der Waals surface area contributed by atoms with Crippen LogP contribution < -0.4 is 5.73 Å². The van der Waals surface area contributed by atoms with Crippen LogP contribution in [-0.2, 0) is 11.2 Å². The minimum atomic E-state index is -0.121. The third-order valence-corrected chi connectivity index (χ3v) is 3.77. The second-order valence-electron chi connectivity index (χ2n) is 3.78. The van der Waals surface area contributed by atoms with E-state index in [2.05, 4.69) is 9.97 Å². The molecule has 92 valence electrons. The third-order valence-electron chi connectivity index (χ3n) is 2.73. The van der Waals surface area contributed by atoms with Gasteiger partial charge in [0.1, 0.15) is 12.1 Å². The second-order valence-corrected chi connectivity index (χ2v) is 4.66. The number of nitrogens with zero attached hydrogens (tertiary/aromatic N) is 2. The summed E-state index contributed by atoms with van der Waals surface area (Å²) in [4.78, 5) is 8.21. The number of anilines is 1. The van der Waals surface area contributed by atoms with Gasteiger partial charge in [-0.25, -0.2) is 9.97 Å². The molecule has 1 atom stereocenters. The van der Waals surface area contributed by atoms with E-state index in [-0.39, 0.29) is 12.7 Å². The predicted octanol–water partition coefficient (Wildman–Crippen LogP) is 1.21. The lowest BCUT2D eigenvalue weighted by molar-refractivity contribution is 0.0436. The van der Waals surface area contributed by atoms with Crippen molar-refractivity contribution in [1.29, 1.82) is 0 Å². The summed E-state index contributed by atoms with van der Waals surface area (Å²) in [5.74, 6) is 0.525. The number of methoxy groups -OCH3 is 1. The smallest absolute Gasteiger partial charge is 0.144 e. The summed E-state index contributed by atoms with van der Waals surface area (Å²) in [6, 6.07) is 0. The number of aliphatic hydroxyl groups excluding tert-OH is 1. The number of nitrogens with two attached hydrogens (primary N) is 1. The fourth-order valence-electron chi connectivity index (χ4n) is 1.70. The van der Waals surface area contributed by atoms with Crippen molar-refractivity contribution in [3.63, 3.8) is 0 Å². The quantitative estimate of drug-likeness (QED) is 0.837. The molecular formula is C11H15N3O2S. The average Bonchev–Trinajstić information content (AvgIpc) is 2.75. The van der Waals surface area contributed by atoms with Crippen LogP contribution in [0.15, 0.2) is 11.7 Å². The number of aromatic nitrogens is 2. The van der Waals surface area contributed by atoms with E-state index in [1.54, 1.807) is 18.4 Å². The first-order valence-corrected chi connectivity index (χ1v) is 6.24. The lowest BCUT2D eigenvalue weighted by Gasteiger charge is -2.10. The SMILES string of the molecule is CO[C@H](CO)CCc1csc2c(N)ncnc12. The second kappa shape index (κ2) is 5.39. The van der Waals surface area contributed by atoms with Crippen molar-refractivity contribution in [2.45, 2.75) is 18.9 Å². The predicted molar refractivity (Wildman–Crippen MR) is 68.0 cm³/mol. The standard InChI is InChI=1S/C11H15N3O2S/c1-16-8(4-15)3-2-7-5-17-10-9(7)13-6-14-11(10)12/h5-6,8,15H,2-4H2,1H3,(H2,12,13,14)/t8-/m0/s1. The molecule has 5 nitrogen and oxygen atoms in total. The Morgan fingerprint density at radius 3 is 3.06 bits per heavy atom. The topological polar surface area (TPSA) is 81.3 Å². The molecule has 0 saturated heterocycles. The first-order chi connectivity index (χ1) is 8.26. The van der Waals surface area contributed by atoms with Crippen LogP contribution in [0.25, 0.3) is 10.2 Å². The number of aryl methyl sites for hydroxylation is 1. The van der Waals surface area contributed by atoms with E-state index in [4.69, 9.17) is 15.6 Å². The molecule has 6 heteroatoms. The molecule has 0 radical (unpaired) electrons. The Balaban J connectivity index is 2.17. The summed E-state index contributed by atoms with van der Waals surface area (Å²) in [6.45, 7) is 0.0374. The van der Waals surface area contributed by atoms with E-state index < -0.39 is 0 Å². The molecule has 2 aromatic rings. The largest absolute Gasteiger partial charge is 0.394 e. The van der Waals surface area contributed by atoms with Crippen molar-refractivity contribution < 1.29 is 9.84 Å². The molecule has 0 spiro atoms. The number of nitrogen functional groups attached to an aromatic ring is 1. The molecule has 0 unspecified atom stereocenters. The molecule has 3 N–H and O–H groups in total. The molecule has 0 aliphatic heterocycles. The van der Waals surface area contributed by atoms with Crippen LogP contribution in [0.2, 0.25) is 0 Å². The van der Waals surface area contributed by atoms with Crippen LogP contribution in [0.3, 0.4) is 0 Å². The summed E-state index contributed by atoms with van der Waals surface area (Å²) < 4.78 is 6.06. The first kappa shape index (κ1) is 12.2. The molecule has 2 rings (SSSR count). The van der Waals surface area contributed by atoms with Crippen LogP contribution in [0, 0.1) is 0 Å². The average molecular weight is 253 g/mol. The Morgan fingerprint density at radius 1 is 1.53 bits per heavy atom. The molecule has 0 fully saturated rings. The van der Waals surface area contributed by atoms with E-state index in [0.717, 1.165) is 28.6 Å². The van der Waals surface area contributed by atoms with Crippen LogP contribution in [0.5, 0.6) is 0 Å². The van der Waals surface area contributed by atoms with Gasteiger partial charge in [-0.1, -0.05) is 0 Å². The Labute approximate surface area is 103 Å². The maximum atomic E-state index is 9.04. The molecule has 0 saturated carbocycles. The fraction of sp³-hybridized carbons (Fsp3) is 0.455. The summed E-state index contributed by atoms with van der Waals surface area (Å²) in [6.07, 6.45) is 2.94. The molecule has 0 aliphatic rings. The minimum Gasteiger partial charge on any atom is -0.394 e. The number of hydrogen-bond acceptors (Lipinski definition) is 6. The fourth-order valence-corrected chi connectivity index (χ4v) is 2.65. The normalized spacial score (nSPS) is 13.1. The molecule has 17 heavy (non-hydrogen) atoms. The van der Waals surface area contributed by atoms with Crippen LogP contribution in [-0.4, -0.2) is 34.9 Å². The number of hydrogen-bond donors (Lipinski definition) is 2. The molecule has 0 aliphatic carbocycles. The van der Waals surface area contributed by atoms with Gasteiger partial charge in [0.25, 0.3) is 0 Å². The van der Waals surface area contributed by atoms with Crippen molar-refractivity contribution in [3.8, 4) is 0 Å². The summed E-state index contributed by atoms with van der Waals surface area (Å²) in [7, 11) is 1.60. The summed E-state index contributed by atoms with van der Waals surface area (Å²) in [5.41, 5.74) is 7.82. The highest BCUT2D eigenvalue weighted by molar-refractivity contribution is 7.17. The molecule has 0 bridgehead atoms. The lowest BCUT2D eigenvalue weighted by Crippen LogP contribution is -2.16. The van der Waals surface area contributed by atoms with Gasteiger partial charge in [-0.2, -0.15) is 0 Å². The Morgan fingerprint density at radius 2 is 2.35 bits per heavy atom. The van der Waals surface area contributed by atoms with Gasteiger partial charge in [0.15, 0.2) is 0 Å². The summed E-state index contributed by atoms with van der Waals surface area (Å²) in [5, 5.41) is 11.1. The molecule has 2 heterocycles. The molecule has 2 aromatic heterocycles.